The van der Waals surface area contributed by atoms with Crippen molar-refractivity contribution < 1.29 is 9.59 Å². The van der Waals surface area contributed by atoms with Gasteiger partial charge >= 0.3 is 0 Å². The van der Waals surface area contributed by atoms with Gasteiger partial charge in [-0.2, -0.15) is 0 Å². The number of nitrogens with zero attached hydrogens (tertiary/aromatic N) is 1. The molecule has 5 heteroatoms. The fraction of sp³-hybridized carbons (Fsp3) is 0.417. The number of rotatable bonds is 9. The molecule has 1 N–H and O–H groups in total. The zero-order chi connectivity index (χ0) is 21.4. The first-order valence-electron chi connectivity index (χ1n) is 10.2. The Morgan fingerprint density at radius 1 is 1.03 bits per heavy atom. The van der Waals surface area contributed by atoms with Crippen LogP contribution in [-0.2, 0) is 22.6 Å². The van der Waals surface area contributed by atoms with Crippen molar-refractivity contribution in [1.29, 1.82) is 0 Å². The van der Waals surface area contributed by atoms with Crippen molar-refractivity contribution >= 4 is 23.4 Å². The van der Waals surface area contributed by atoms with E-state index in [1.54, 1.807) is 11.0 Å². The summed E-state index contributed by atoms with van der Waals surface area (Å²) in [4.78, 5) is 27.9. The highest BCUT2D eigenvalue weighted by molar-refractivity contribution is 6.31. The average Bonchev–Trinajstić information content (AvgIpc) is 2.70. The maximum atomic E-state index is 13.3. The average molecular weight is 415 g/mol. The maximum Gasteiger partial charge on any atom is 0.243 e. The molecule has 0 radical (unpaired) electrons. The molecule has 0 aliphatic rings. The predicted octanol–water partition coefficient (Wildman–Crippen LogP) is 4.91. The van der Waals surface area contributed by atoms with Crippen molar-refractivity contribution in [3.8, 4) is 0 Å². The molecule has 2 aromatic rings. The molecule has 156 valence electrons. The summed E-state index contributed by atoms with van der Waals surface area (Å²) in [5.74, 6) is -0.216. The molecule has 0 saturated carbocycles. The summed E-state index contributed by atoms with van der Waals surface area (Å²) >= 11 is 6.26. The zero-order valence-corrected chi connectivity index (χ0v) is 18.5. The highest BCUT2D eigenvalue weighted by Crippen LogP contribution is 2.19. The largest absolute Gasteiger partial charge is 0.352 e. The third-order valence-electron chi connectivity index (χ3n) is 5.16. The normalized spacial score (nSPS) is 12.9. The van der Waals surface area contributed by atoms with E-state index in [-0.39, 0.29) is 24.3 Å². The van der Waals surface area contributed by atoms with E-state index in [0.29, 0.717) is 18.0 Å². The Hall–Kier alpha value is -2.33. The lowest BCUT2D eigenvalue weighted by molar-refractivity contribution is -0.141. The van der Waals surface area contributed by atoms with Gasteiger partial charge in [0.1, 0.15) is 6.04 Å². The topological polar surface area (TPSA) is 49.4 Å². The van der Waals surface area contributed by atoms with Crippen LogP contribution < -0.4 is 5.32 Å². The minimum Gasteiger partial charge on any atom is -0.352 e. The van der Waals surface area contributed by atoms with Gasteiger partial charge in [0.2, 0.25) is 11.8 Å². The van der Waals surface area contributed by atoms with Crippen molar-refractivity contribution in [3.05, 3.63) is 70.2 Å². The summed E-state index contributed by atoms with van der Waals surface area (Å²) in [5, 5.41) is 3.59. The van der Waals surface area contributed by atoms with Crippen molar-refractivity contribution in [2.75, 3.05) is 0 Å². The minimum atomic E-state index is -0.528. The molecule has 2 aromatic carbocycles. The van der Waals surface area contributed by atoms with Crippen LogP contribution >= 0.6 is 11.6 Å². The van der Waals surface area contributed by atoms with E-state index in [4.69, 9.17) is 11.6 Å². The molecule has 0 aliphatic carbocycles. The molecule has 2 rings (SSSR count). The monoisotopic (exact) mass is 414 g/mol. The van der Waals surface area contributed by atoms with Crippen LogP contribution in [0.5, 0.6) is 0 Å². The molecule has 2 atom stereocenters. The molecular weight excluding hydrogens is 384 g/mol. The number of carbonyl (C=O) groups is 2. The zero-order valence-electron chi connectivity index (χ0n) is 17.7. The van der Waals surface area contributed by atoms with Crippen molar-refractivity contribution in [2.24, 2.45) is 0 Å². The van der Waals surface area contributed by atoms with Crippen LogP contribution in [-0.4, -0.2) is 28.8 Å². The minimum absolute atomic E-state index is 0.0662. The molecule has 0 unspecified atom stereocenters. The van der Waals surface area contributed by atoms with E-state index in [1.165, 1.54) is 0 Å². The van der Waals surface area contributed by atoms with Gasteiger partial charge in [0.25, 0.3) is 0 Å². The number of nitrogens with one attached hydrogen (secondary N) is 1. The van der Waals surface area contributed by atoms with Gasteiger partial charge in [-0.15, -0.1) is 0 Å². The number of amides is 2. The van der Waals surface area contributed by atoms with Crippen molar-refractivity contribution in [3.63, 3.8) is 0 Å². The van der Waals surface area contributed by atoms with Crippen LogP contribution in [0.15, 0.2) is 48.5 Å². The number of hydrogen-bond donors (Lipinski definition) is 1. The molecule has 0 fully saturated rings. The van der Waals surface area contributed by atoms with E-state index in [2.05, 4.69) is 5.32 Å². The van der Waals surface area contributed by atoms with Crippen molar-refractivity contribution in [2.45, 2.75) is 65.6 Å². The summed E-state index contributed by atoms with van der Waals surface area (Å²) in [6.45, 7) is 8.35. The quantitative estimate of drug-likeness (QED) is 0.633. The second-order valence-electron chi connectivity index (χ2n) is 7.52. The Morgan fingerprint density at radius 3 is 2.28 bits per heavy atom. The Morgan fingerprint density at radius 2 is 1.69 bits per heavy atom. The summed E-state index contributed by atoms with van der Waals surface area (Å²) in [6.07, 6.45) is 1.55. The van der Waals surface area contributed by atoms with Gasteiger partial charge in [0.05, 0.1) is 6.42 Å². The van der Waals surface area contributed by atoms with Gasteiger partial charge in [-0.05, 0) is 43.9 Å². The third-order valence-corrected chi connectivity index (χ3v) is 5.53. The van der Waals surface area contributed by atoms with E-state index < -0.39 is 6.04 Å². The van der Waals surface area contributed by atoms with Crippen LogP contribution in [0.25, 0.3) is 0 Å². The molecule has 0 heterocycles. The first-order valence-corrected chi connectivity index (χ1v) is 10.6. The number of halogens is 1. The number of hydrogen-bond acceptors (Lipinski definition) is 2. The number of benzene rings is 2. The molecule has 0 saturated heterocycles. The van der Waals surface area contributed by atoms with Crippen LogP contribution in [0.2, 0.25) is 5.02 Å². The second-order valence-corrected chi connectivity index (χ2v) is 7.92. The Balaban J connectivity index is 2.29. The van der Waals surface area contributed by atoms with E-state index in [0.717, 1.165) is 23.1 Å². The fourth-order valence-electron chi connectivity index (χ4n) is 3.16. The number of carbonyl (C=O) groups excluding carboxylic acids is 2. The summed E-state index contributed by atoms with van der Waals surface area (Å²) in [7, 11) is 0. The molecule has 4 nitrogen and oxygen atoms in total. The Labute approximate surface area is 179 Å². The standard InChI is InChI=1S/C24H31ClN2O2/c1-5-18(4)26-24(29)22(6-2)27(16-19-13-11-17(3)12-14-19)23(28)15-20-9-7-8-10-21(20)25/h7-14,18,22H,5-6,15-16H2,1-4H3,(H,26,29)/t18-,22-/m0/s1. The third kappa shape index (κ3) is 6.60. The van der Waals surface area contributed by atoms with Gasteiger partial charge < -0.3 is 10.2 Å². The second kappa shape index (κ2) is 11.0. The molecule has 29 heavy (non-hydrogen) atoms. The van der Waals surface area contributed by atoms with Crippen LogP contribution in [0.1, 0.15) is 50.3 Å². The summed E-state index contributed by atoms with van der Waals surface area (Å²) in [6, 6.07) is 14.9. The van der Waals surface area contributed by atoms with Crippen LogP contribution in [0.3, 0.4) is 0 Å². The SMILES string of the molecule is CC[C@H](C)NC(=O)[C@H](CC)N(Cc1ccc(C)cc1)C(=O)Cc1ccccc1Cl. The molecule has 0 aromatic heterocycles. The van der Waals surface area contributed by atoms with Gasteiger partial charge in [0, 0.05) is 17.6 Å². The van der Waals surface area contributed by atoms with E-state index >= 15 is 0 Å². The van der Waals surface area contributed by atoms with E-state index in [1.807, 2.05) is 70.2 Å². The van der Waals surface area contributed by atoms with Gasteiger partial charge in [-0.3, -0.25) is 9.59 Å². The molecule has 0 bridgehead atoms. The van der Waals surface area contributed by atoms with Gasteiger partial charge in [0.15, 0.2) is 0 Å². The summed E-state index contributed by atoms with van der Waals surface area (Å²) < 4.78 is 0. The summed E-state index contributed by atoms with van der Waals surface area (Å²) in [5.41, 5.74) is 2.92. The smallest absolute Gasteiger partial charge is 0.243 e. The lowest BCUT2D eigenvalue weighted by Gasteiger charge is -2.31. The Bertz CT molecular complexity index is 820. The molecular formula is C24H31ClN2O2. The first-order chi connectivity index (χ1) is 13.8. The molecule has 0 aliphatic heterocycles. The highest BCUT2D eigenvalue weighted by Gasteiger charge is 2.29. The molecule has 0 spiro atoms. The van der Waals surface area contributed by atoms with Crippen LogP contribution in [0, 0.1) is 6.92 Å². The maximum absolute atomic E-state index is 13.3. The van der Waals surface area contributed by atoms with Crippen molar-refractivity contribution in [1.82, 2.24) is 10.2 Å². The van der Waals surface area contributed by atoms with E-state index in [9.17, 15) is 9.59 Å². The number of aryl methyl sites for hydroxylation is 1. The van der Waals surface area contributed by atoms with Gasteiger partial charge in [-0.25, -0.2) is 0 Å². The Kier molecular flexibility index (Phi) is 8.71. The van der Waals surface area contributed by atoms with Crippen LogP contribution in [0.4, 0.5) is 0 Å². The molecule has 2 amide bonds. The first kappa shape index (κ1) is 23.0. The fourth-order valence-corrected chi connectivity index (χ4v) is 3.36. The lowest BCUT2D eigenvalue weighted by atomic mass is 10.1. The van der Waals surface area contributed by atoms with Gasteiger partial charge in [-0.1, -0.05) is 73.5 Å². The highest BCUT2D eigenvalue weighted by atomic mass is 35.5. The lowest BCUT2D eigenvalue weighted by Crippen LogP contribution is -2.51. The predicted molar refractivity (Wildman–Crippen MR) is 119 cm³/mol.